The van der Waals surface area contributed by atoms with Crippen LogP contribution < -0.4 is 0 Å². The summed E-state index contributed by atoms with van der Waals surface area (Å²) in [7, 11) is 4.32. The molecule has 0 aliphatic carbocycles. The number of nitrogens with zero attached hydrogens (tertiary/aromatic N) is 5. The van der Waals surface area contributed by atoms with Crippen molar-refractivity contribution >= 4 is 0 Å². The summed E-state index contributed by atoms with van der Waals surface area (Å²) >= 11 is 0. The van der Waals surface area contributed by atoms with Gasteiger partial charge in [0.05, 0.1) is 12.2 Å². The van der Waals surface area contributed by atoms with E-state index >= 15 is 0 Å². The van der Waals surface area contributed by atoms with Crippen molar-refractivity contribution in [3.05, 3.63) is 41.5 Å². The molecule has 1 aliphatic heterocycles. The Morgan fingerprint density at radius 3 is 2.82 bits per heavy atom. The van der Waals surface area contributed by atoms with Crippen molar-refractivity contribution in [1.29, 1.82) is 0 Å². The lowest BCUT2D eigenvalue weighted by molar-refractivity contribution is 0.260. The minimum atomic E-state index is 0.650. The molecule has 5 heteroatoms. The van der Waals surface area contributed by atoms with Crippen molar-refractivity contribution in [3.63, 3.8) is 0 Å². The molecule has 1 aromatic carbocycles. The molecule has 0 amide bonds. The maximum Gasteiger partial charge on any atom is 0.146 e. The van der Waals surface area contributed by atoms with Crippen LogP contribution in [0.1, 0.15) is 23.4 Å². The average Bonchev–Trinajstić information content (AvgIpc) is 3.11. The van der Waals surface area contributed by atoms with Crippen LogP contribution in [0, 0.1) is 13.8 Å². The second-order valence-electron chi connectivity index (χ2n) is 6.52. The van der Waals surface area contributed by atoms with Crippen LogP contribution in [0.25, 0.3) is 5.69 Å². The number of hydrogen-bond donors (Lipinski definition) is 0. The molecule has 2 aromatic rings. The van der Waals surface area contributed by atoms with Crippen molar-refractivity contribution in [2.75, 3.05) is 27.2 Å². The normalized spacial score (nSPS) is 19.2. The van der Waals surface area contributed by atoms with Gasteiger partial charge >= 0.3 is 0 Å². The molecule has 118 valence electrons. The van der Waals surface area contributed by atoms with Gasteiger partial charge in [-0.3, -0.25) is 4.90 Å². The third-order valence-electron chi connectivity index (χ3n) is 4.55. The molecular weight excluding hydrogens is 274 g/mol. The van der Waals surface area contributed by atoms with Crippen LogP contribution >= 0.6 is 0 Å². The highest BCUT2D eigenvalue weighted by Crippen LogP contribution is 2.19. The van der Waals surface area contributed by atoms with E-state index in [2.05, 4.69) is 66.0 Å². The Labute approximate surface area is 132 Å². The van der Waals surface area contributed by atoms with Gasteiger partial charge in [-0.15, -0.1) is 0 Å². The highest BCUT2D eigenvalue weighted by Gasteiger charge is 2.25. The molecule has 3 rings (SSSR count). The summed E-state index contributed by atoms with van der Waals surface area (Å²) < 4.78 is 1.99. The quantitative estimate of drug-likeness (QED) is 0.865. The summed E-state index contributed by atoms with van der Waals surface area (Å²) in [4.78, 5) is 9.28. The van der Waals surface area contributed by atoms with Crippen LogP contribution in [0.2, 0.25) is 0 Å². The van der Waals surface area contributed by atoms with E-state index in [0.29, 0.717) is 6.04 Å². The van der Waals surface area contributed by atoms with Gasteiger partial charge < -0.3 is 4.90 Å². The maximum absolute atomic E-state index is 4.49. The fraction of sp³-hybridized carbons (Fsp3) is 0.529. The lowest BCUT2D eigenvalue weighted by atomic mass is 10.1. The Morgan fingerprint density at radius 1 is 1.27 bits per heavy atom. The minimum Gasteiger partial charge on any atom is -0.305 e. The first-order chi connectivity index (χ1) is 10.5. The van der Waals surface area contributed by atoms with Gasteiger partial charge in [0.15, 0.2) is 0 Å². The summed E-state index contributed by atoms with van der Waals surface area (Å²) in [6, 6.07) is 7.11. The Balaban J connectivity index is 1.80. The first-order valence-corrected chi connectivity index (χ1v) is 7.90. The highest BCUT2D eigenvalue weighted by atomic mass is 15.4. The molecule has 0 N–H and O–H groups in total. The average molecular weight is 299 g/mol. The van der Waals surface area contributed by atoms with E-state index in [-0.39, 0.29) is 0 Å². The van der Waals surface area contributed by atoms with E-state index < -0.39 is 0 Å². The Bertz CT molecular complexity index is 646. The lowest BCUT2D eigenvalue weighted by Crippen LogP contribution is -2.31. The van der Waals surface area contributed by atoms with Crippen molar-refractivity contribution in [2.24, 2.45) is 0 Å². The smallest absolute Gasteiger partial charge is 0.146 e. The number of benzene rings is 1. The molecule has 5 nitrogen and oxygen atoms in total. The fourth-order valence-corrected chi connectivity index (χ4v) is 3.10. The summed E-state index contributed by atoms with van der Waals surface area (Å²) in [5.74, 6) is 1.02. The molecule has 22 heavy (non-hydrogen) atoms. The first-order valence-electron chi connectivity index (χ1n) is 7.90. The van der Waals surface area contributed by atoms with Crippen molar-refractivity contribution < 1.29 is 0 Å². The van der Waals surface area contributed by atoms with Crippen LogP contribution in [-0.4, -0.2) is 57.8 Å². The van der Waals surface area contributed by atoms with Gasteiger partial charge in [-0.1, -0.05) is 12.1 Å². The number of aryl methyl sites for hydroxylation is 2. The monoisotopic (exact) mass is 299 g/mol. The standard InChI is InChI=1S/C17H25N5/c1-13-5-6-14(2)16(9-13)22-17(18-12-19-22)11-21-8-7-15(10-21)20(3)4/h5-6,9,12,15H,7-8,10-11H2,1-4H3/t15-/m0/s1. The van der Waals surface area contributed by atoms with Crippen molar-refractivity contribution in [3.8, 4) is 5.69 Å². The molecule has 0 bridgehead atoms. The molecule has 0 saturated carbocycles. The Kier molecular flexibility index (Phi) is 4.27. The molecule has 0 radical (unpaired) electrons. The van der Waals surface area contributed by atoms with E-state index in [4.69, 9.17) is 0 Å². The van der Waals surface area contributed by atoms with E-state index in [1.54, 1.807) is 6.33 Å². The van der Waals surface area contributed by atoms with Crippen LogP contribution in [0.5, 0.6) is 0 Å². The van der Waals surface area contributed by atoms with Crippen LogP contribution in [0.15, 0.2) is 24.5 Å². The summed E-state index contributed by atoms with van der Waals surface area (Å²) in [5, 5.41) is 4.45. The highest BCUT2D eigenvalue weighted by molar-refractivity contribution is 5.42. The minimum absolute atomic E-state index is 0.650. The summed E-state index contributed by atoms with van der Waals surface area (Å²) in [5.41, 5.74) is 3.61. The van der Waals surface area contributed by atoms with E-state index in [9.17, 15) is 0 Å². The van der Waals surface area contributed by atoms with Crippen molar-refractivity contribution in [2.45, 2.75) is 32.9 Å². The summed E-state index contributed by atoms with van der Waals surface area (Å²) in [6.45, 7) is 7.33. The summed E-state index contributed by atoms with van der Waals surface area (Å²) in [6.07, 6.45) is 2.89. The number of aromatic nitrogens is 3. The largest absolute Gasteiger partial charge is 0.305 e. The van der Waals surface area contributed by atoms with Crippen LogP contribution in [-0.2, 0) is 6.54 Å². The lowest BCUT2D eigenvalue weighted by Gasteiger charge is -2.20. The third kappa shape index (κ3) is 3.05. The zero-order chi connectivity index (χ0) is 15.7. The van der Waals surface area contributed by atoms with Crippen LogP contribution in [0.4, 0.5) is 0 Å². The predicted octanol–water partition coefficient (Wildman–Crippen LogP) is 2.02. The molecule has 1 saturated heterocycles. The number of likely N-dealkylation sites (N-methyl/N-ethyl adjacent to an activating group) is 1. The first kappa shape index (κ1) is 15.2. The third-order valence-corrected chi connectivity index (χ3v) is 4.55. The zero-order valence-electron chi connectivity index (χ0n) is 14.0. The molecule has 1 atom stereocenters. The molecule has 1 fully saturated rings. The van der Waals surface area contributed by atoms with Gasteiger partial charge in [0, 0.05) is 19.1 Å². The molecule has 0 unspecified atom stereocenters. The van der Waals surface area contributed by atoms with Gasteiger partial charge in [-0.25, -0.2) is 9.67 Å². The van der Waals surface area contributed by atoms with Gasteiger partial charge in [-0.05, 0) is 51.6 Å². The van der Waals surface area contributed by atoms with E-state index in [1.807, 2.05) is 4.68 Å². The number of rotatable bonds is 4. The second kappa shape index (κ2) is 6.18. The zero-order valence-corrected chi connectivity index (χ0v) is 14.0. The van der Waals surface area contributed by atoms with Gasteiger partial charge in [0.1, 0.15) is 12.2 Å². The Morgan fingerprint density at radius 2 is 2.09 bits per heavy atom. The van der Waals surface area contributed by atoms with E-state index in [0.717, 1.165) is 31.1 Å². The van der Waals surface area contributed by atoms with Crippen LogP contribution in [0.3, 0.4) is 0 Å². The SMILES string of the molecule is Cc1ccc(C)c(-n2ncnc2CN2CC[C@H](N(C)C)C2)c1. The Hall–Kier alpha value is -1.72. The number of hydrogen-bond acceptors (Lipinski definition) is 4. The molecule has 1 aliphatic rings. The van der Waals surface area contributed by atoms with Gasteiger partial charge in [0.2, 0.25) is 0 Å². The molecular formula is C17H25N5. The maximum atomic E-state index is 4.49. The van der Waals surface area contributed by atoms with Gasteiger partial charge in [0.25, 0.3) is 0 Å². The molecule has 2 heterocycles. The van der Waals surface area contributed by atoms with E-state index in [1.165, 1.54) is 17.5 Å². The van der Waals surface area contributed by atoms with Gasteiger partial charge in [-0.2, -0.15) is 5.10 Å². The second-order valence-corrected chi connectivity index (χ2v) is 6.52. The molecule has 1 aromatic heterocycles. The topological polar surface area (TPSA) is 37.2 Å². The molecule has 0 spiro atoms. The predicted molar refractivity (Wildman–Crippen MR) is 88.2 cm³/mol. The number of likely N-dealkylation sites (tertiary alicyclic amines) is 1. The fourth-order valence-electron chi connectivity index (χ4n) is 3.10. The van der Waals surface area contributed by atoms with Crippen molar-refractivity contribution in [1.82, 2.24) is 24.6 Å².